The van der Waals surface area contributed by atoms with Gasteiger partial charge in [0.1, 0.15) is 5.78 Å². The number of Topliss-reactive ketones (excluding diaryl/α,β-unsaturated/α-hetero) is 1. The SMILES string of the molecule is CCC(=O)CC[C@@H](C)[C@H]1CC[C@H]2[C@@H]3[C@H](O)C[C@@H]4C[C@H](N=[N+]=[N-])CC[C@]4(C)[C@H]3CC[C@]12C. The van der Waals surface area contributed by atoms with E-state index in [0.29, 0.717) is 53.1 Å². The molecule has 0 heterocycles. The summed E-state index contributed by atoms with van der Waals surface area (Å²) in [6, 6.07) is 0.114. The molecule has 4 saturated carbocycles. The third kappa shape index (κ3) is 3.84. The molecule has 1 N–H and O–H groups in total. The summed E-state index contributed by atoms with van der Waals surface area (Å²) >= 11 is 0. The molecule has 0 amide bonds. The van der Waals surface area contributed by atoms with E-state index in [1.54, 1.807) is 0 Å². The van der Waals surface area contributed by atoms with Gasteiger partial charge in [0.25, 0.3) is 0 Å². The maximum atomic E-state index is 11.9. The minimum atomic E-state index is -0.215. The fourth-order valence-corrected chi connectivity index (χ4v) is 9.12. The van der Waals surface area contributed by atoms with Gasteiger partial charge >= 0.3 is 0 Å². The van der Waals surface area contributed by atoms with Gasteiger partial charge in [0, 0.05) is 23.8 Å². The quantitative estimate of drug-likeness (QED) is 0.290. The predicted molar refractivity (Wildman–Crippen MR) is 123 cm³/mol. The summed E-state index contributed by atoms with van der Waals surface area (Å²) in [5, 5.41) is 15.5. The molecule has 4 fully saturated rings. The third-order valence-corrected chi connectivity index (χ3v) is 10.9. The van der Waals surface area contributed by atoms with E-state index in [1.807, 2.05) is 6.92 Å². The largest absolute Gasteiger partial charge is 0.393 e. The van der Waals surface area contributed by atoms with Crippen molar-refractivity contribution < 1.29 is 9.90 Å². The first-order valence-corrected chi connectivity index (χ1v) is 13.0. The van der Waals surface area contributed by atoms with E-state index >= 15 is 0 Å². The highest BCUT2D eigenvalue weighted by Gasteiger charge is 2.62. The average molecular weight is 430 g/mol. The molecule has 5 nitrogen and oxygen atoms in total. The zero-order valence-electron chi connectivity index (χ0n) is 20.1. The Bertz CT molecular complexity index is 734. The van der Waals surface area contributed by atoms with E-state index in [0.717, 1.165) is 38.5 Å². The predicted octanol–water partition coefficient (Wildman–Crippen LogP) is 6.69. The lowest BCUT2D eigenvalue weighted by Gasteiger charge is -2.62. The Hall–Kier alpha value is -1.06. The molecule has 0 saturated heterocycles. The van der Waals surface area contributed by atoms with Crippen molar-refractivity contribution >= 4 is 5.78 Å². The van der Waals surface area contributed by atoms with Crippen molar-refractivity contribution in [3.8, 4) is 0 Å². The number of ketones is 1. The number of aliphatic hydroxyl groups excluding tert-OH is 1. The number of nitrogens with zero attached hydrogens (tertiary/aromatic N) is 3. The molecule has 0 radical (unpaired) electrons. The smallest absolute Gasteiger partial charge is 0.132 e. The number of aliphatic hydroxyl groups is 1. The van der Waals surface area contributed by atoms with Gasteiger partial charge in [-0.15, -0.1) is 0 Å². The monoisotopic (exact) mass is 429 g/mol. The van der Waals surface area contributed by atoms with Crippen LogP contribution in [0.15, 0.2) is 5.11 Å². The van der Waals surface area contributed by atoms with Gasteiger partial charge in [-0.1, -0.05) is 32.8 Å². The van der Waals surface area contributed by atoms with Gasteiger partial charge in [0.05, 0.1) is 6.10 Å². The van der Waals surface area contributed by atoms with E-state index in [1.165, 1.54) is 25.7 Å². The summed E-state index contributed by atoms with van der Waals surface area (Å²) in [7, 11) is 0. The van der Waals surface area contributed by atoms with Crippen LogP contribution in [0.4, 0.5) is 0 Å². The highest BCUT2D eigenvalue weighted by molar-refractivity contribution is 5.77. The van der Waals surface area contributed by atoms with E-state index in [-0.39, 0.29) is 17.6 Å². The number of hydrogen-bond acceptors (Lipinski definition) is 3. The maximum absolute atomic E-state index is 11.9. The van der Waals surface area contributed by atoms with Crippen LogP contribution in [0.3, 0.4) is 0 Å². The van der Waals surface area contributed by atoms with Crippen molar-refractivity contribution in [2.75, 3.05) is 0 Å². The standard InChI is InChI=1S/C26H43N3O2/c1-5-19(30)7-6-16(2)20-8-9-21-24-22(11-13-26(20,21)4)25(3)12-10-18(28-29-27)14-17(25)15-23(24)31/h16-18,20-24,31H,5-15H2,1-4H3/t16-,17+,18-,20-,21+,22+,23-,24+,25+,26-/m1/s1. The highest BCUT2D eigenvalue weighted by Crippen LogP contribution is 2.68. The number of carbonyl (C=O) groups excluding carboxylic acids is 1. The molecule has 0 aromatic carbocycles. The zero-order valence-corrected chi connectivity index (χ0v) is 20.1. The van der Waals surface area contributed by atoms with Crippen molar-refractivity contribution in [2.45, 2.75) is 110 Å². The second-order valence-electron chi connectivity index (χ2n) is 12.1. The van der Waals surface area contributed by atoms with E-state index in [9.17, 15) is 9.90 Å². The van der Waals surface area contributed by atoms with E-state index in [4.69, 9.17) is 5.53 Å². The molecular formula is C26H43N3O2. The number of rotatable bonds is 6. The van der Waals surface area contributed by atoms with Crippen LogP contribution in [0.5, 0.6) is 0 Å². The van der Waals surface area contributed by atoms with Crippen LogP contribution in [0, 0.1) is 46.3 Å². The Labute approximate surface area is 188 Å². The lowest BCUT2D eigenvalue weighted by atomic mass is 9.43. The molecule has 4 rings (SSSR count). The summed E-state index contributed by atoms with van der Waals surface area (Å²) in [5.41, 5.74) is 9.48. The van der Waals surface area contributed by atoms with Gasteiger partial charge < -0.3 is 5.11 Å². The van der Waals surface area contributed by atoms with Crippen LogP contribution < -0.4 is 0 Å². The Balaban J connectivity index is 1.52. The minimum Gasteiger partial charge on any atom is -0.393 e. The molecule has 0 aliphatic heterocycles. The van der Waals surface area contributed by atoms with E-state index < -0.39 is 0 Å². The molecular weight excluding hydrogens is 386 g/mol. The second-order valence-corrected chi connectivity index (χ2v) is 12.1. The maximum Gasteiger partial charge on any atom is 0.132 e. The fraction of sp³-hybridized carbons (Fsp3) is 0.962. The average Bonchev–Trinajstić information content (AvgIpc) is 3.10. The first-order valence-electron chi connectivity index (χ1n) is 13.0. The topological polar surface area (TPSA) is 86.1 Å². The van der Waals surface area contributed by atoms with Crippen molar-refractivity contribution in [1.82, 2.24) is 0 Å². The van der Waals surface area contributed by atoms with Crippen LogP contribution in [-0.2, 0) is 4.79 Å². The summed E-state index contributed by atoms with van der Waals surface area (Å²) in [6.07, 6.45) is 11.2. The van der Waals surface area contributed by atoms with Gasteiger partial charge in [0.2, 0.25) is 0 Å². The van der Waals surface area contributed by atoms with Crippen molar-refractivity contribution in [3.63, 3.8) is 0 Å². The summed E-state index contributed by atoms with van der Waals surface area (Å²) < 4.78 is 0. The Morgan fingerprint density at radius 1 is 1.13 bits per heavy atom. The van der Waals surface area contributed by atoms with Gasteiger partial charge in [-0.2, -0.15) is 0 Å². The molecule has 10 atom stereocenters. The molecule has 0 aromatic rings. The number of carbonyl (C=O) groups is 1. The molecule has 5 heteroatoms. The van der Waals surface area contributed by atoms with Gasteiger partial charge in [0.15, 0.2) is 0 Å². The van der Waals surface area contributed by atoms with Crippen LogP contribution in [0.1, 0.15) is 98.3 Å². The third-order valence-electron chi connectivity index (χ3n) is 10.9. The molecule has 0 aromatic heterocycles. The molecule has 4 aliphatic rings. The molecule has 0 bridgehead atoms. The summed E-state index contributed by atoms with van der Waals surface area (Å²) in [5.74, 6) is 3.78. The molecule has 0 unspecified atom stereocenters. The minimum absolute atomic E-state index is 0.114. The fourth-order valence-electron chi connectivity index (χ4n) is 9.12. The normalized spacial score (nSPS) is 47.5. The summed E-state index contributed by atoms with van der Waals surface area (Å²) in [4.78, 5) is 15.0. The summed E-state index contributed by atoms with van der Waals surface area (Å²) in [6.45, 7) is 9.35. The Morgan fingerprint density at radius 2 is 1.84 bits per heavy atom. The van der Waals surface area contributed by atoms with Gasteiger partial charge in [-0.3, -0.25) is 4.79 Å². The van der Waals surface area contributed by atoms with Crippen LogP contribution >= 0.6 is 0 Å². The molecule has 31 heavy (non-hydrogen) atoms. The Kier molecular flexibility index (Phi) is 6.49. The number of azide groups is 1. The molecule has 0 spiro atoms. The number of hydrogen-bond donors (Lipinski definition) is 1. The highest BCUT2D eigenvalue weighted by atomic mass is 16.3. The van der Waals surface area contributed by atoms with E-state index in [2.05, 4.69) is 30.8 Å². The van der Waals surface area contributed by atoms with Crippen LogP contribution in [0.2, 0.25) is 0 Å². The first-order chi connectivity index (χ1) is 14.7. The van der Waals surface area contributed by atoms with Gasteiger partial charge in [-0.25, -0.2) is 0 Å². The molecule has 174 valence electrons. The van der Waals surface area contributed by atoms with Crippen LogP contribution in [-0.4, -0.2) is 23.0 Å². The molecule has 4 aliphatic carbocycles. The van der Waals surface area contributed by atoms with Crippen LogP contribution in [0.25, 0.3) is 10.4 Å². The Morgan fingerprint density at radius 3 is 2.55 bits per heavy atom. The lowest BCUT2D eigenvalue weighted by molar-refractivity contribution is -0.166. The van der Waals surface area contributed by atoms with Crippen molar-refractivity contribution in [2.24, 2.45) is 51.5 Å². The second kappa shape index (κ2) is 8.71. The lowest BCUT2D eigenvalue weighted by Crippen LogP contribution is -2.58. The van der Waals surface area contributed by atoms with Crippen molar-refractivity contribution in [3.05, 3.63) is 10.4 Å². The first kappa shape index (κ1) is 23.1. The zero-order chi connectivity index (χ0) is 22.4. The van der Waals surface area contributed by atoms with Gasteiger partial charge in [-0.05, 0) is 110 Å². The number of fused-ring (bicyclic) bond motifs is 5. The van der Waals surface area contributed by atoms with Crippen molar-refractivity contribution in [1.29, 1.82) is 0 Å².